The van der Waals surface area contributed by atoms with E-state index in [9.17, 15) is 8.78 Å². The first kappa shape index (κ1) is 12.8. The lowest BCUT2D eigenvalue weighted by molar-refractivity contribution is 0.283. The van der Waals surface area contributed by atoms with Gasteiger partial charge in [0.05, 0.1) is 10.2 Å². The fourth-order valence-electron chi connectivity index (χ4n) is 1.39. The summed E-state index contributed by atoms with van der Waals surface area (Å²) in [5.41, 5.74) is 6.07. The molecule has 2 rings (SSSR count). The summed E-state index contributed by atoms with van der Waals surface area (Å²) in [6, 6.07) is 6.94. The molecule has 1 aromatic heterocycles. The van der Waals surface area contributed by atoms with Crippen molar-refractivity contribution in [3.63, 3.8) is 0 Å². The van der Waals surface area contributed by atoms with E-state index in [1.807, 2.05) is 0 Å². The Morgan fingerprint density at radius 3 is 2.72 bits per heavy atom. The first-order valence-electron chi connectivity index (χ1n) is 5.05. The van der Waals surface area contributed by atoms with Gasteiger partial charge in [-0.2, -0.15) is 0 Å². The molecule has 0 amide bonds. The predicted octanol–water partition coefficient (Wildman–Crippen LogP) is 3.28. The molecule has 0 saturated heterocycles. The lowest BCUT2D eigenvalue weighted by Crippen LogP contribution is -2.02. The number of pyridine rings is 1. The molecule has 0 aliphatic carbocycles. The Kier molecular flexibility index (Phi) is 3.76. The first-order valence-corrected chi connectivity index (χ1v) is 5.84. The summed E-state index contributed by atoms with van der Waals surface area (Å²) >= 11 is 3.04. The molecule has 2 N–H and O–H groups in total. The van der Waals surface area contributed by atoms with Gasteiger partial charge >= 0.3 is 0 Å². The van der Waals surface area contributed by atoms with Crippen molar-refractivity contribution in [2.75, 3.05) is 5.73 Å². The molecule has 0 radical (unpaired) electrons. The highest BCUT2D eigenvalue weighted by molar-refractivity contribution is 9.10. The number of hydrogen-bond donors (Lipinski definition) is 1. The molecule has 0 bridgehead atoms. The summed E-state index contributed by atoms with van der Waals surface area (Å²) in [6.45, 7) is 0.0478. The second-order valence-corrected chi connectivity index (χ2v) is 4.40. The van der Waals surface area contributed by atoms with E-state index < -0.39 is 11.6 Å². The Hall–Kier alpha value is -1.69. The smallest absolute Gasteiger partial charge is 0.169 e. The monoisotopic (exact) mass is 314 g/mol. The van der Waals surface area contributed by atoms with Gasteiger partial charge in [0.15, 0.2) is 11.6 Å². The van der Waals surface area contributed by atoms with E-state index in [1.54, 1.807) is 18.2 Å². The van der Waals surface area contributed by atoms with Crippen LogP contribution >= 0.6 is 15.9 Å². The molecule has 6 heteroatoms. The van der Waals surface area contributed by atoms with Crippen molar-refractivity contribution in [3.05, 3.63) is 52.1 Å². The lowest BCUT2D eigenvalue weighted by atomic mass is 10.3. The molecule has 0 spiro atoms. The zero-order valence-electron chi connectivity index (χ0n) is 9.16. The number of nitrogen functional groups attached to an aromatic ring is 1. The molecule has 18 heavy (non-hydrogen) atoms. The quantitative estimate of drug-likeness (QED) is 0.945. The van der Waals surface area contributed by atoms with Gasteiger partial charge in [-0.1, -0.05) is 6.07 Å². The zero-order valence-corrected chi connectivity index (χ0v) is 10.7. The number of nitrogens with zero attached hydrogens (tertiary/aromatic N) is 1. The first-order chi connectivity index (χ1) is 8.56. The Morgan fingerprint density at radius 2 is 2.06 bits per heavy atom. The Balaban J connectivity index is 2.16. The molecule has 0 fully saturated rings. The minimum absolute atomic E-state index is 0.0478. The largest absolute Gasteiger partial charge is 0.483 e. The second kappa shape index (κ2) is 5.30. The molecule has 0 saturated carbocycles. The Bertz CT molecular complexity index is 555. The molecule has 1 aromatic carbocycles. The average molecular weight is 315 g/mol. The van der Waals surface area contributed by atoms with Gasteiger partial charge in [0.25, 0.3) is 0 Å². The van der Waals surface area contributed by atoms with E-state index in [0.717, 1.165) is 12.1 Å². The lowest BCUT2D eigenvalue weighted by Gasteiger charge is -2.09. The second-order valence-electron chi connectivity index (χ2n) is 3.54. The van der Waals surface area contributed by atoms with Crippen molar-refractivity contribution in [2.45, 2.75) is 6.61 Å². The molecule has 0 aliphatic rings. The number of benzene rings is 1. The topological polar surface area (TPSA) is 48.1 Å². The molecule has 2 aromatic rings. The van der Waals surface area contributed by atoms with E-state index in [1.165, 1.54) is 0 Å². The van der Waals surface area contributed by atoms with Crippen LogP contribution in [0, 0.1) is 11.6 Å². The molecule has 0 atom stereocenters. The van der Waals surface area contributed by atoms with Crippen LogP contribution in [0.15, 0.2) is 34.8 Å². The molecule has 0 aliphatic heterocycles. The van der Waals surface area contributed by atoms with Crippen molar-refractivity contribution in [1.82, 2.24) is 4.98 Å². The van der Waals surface area contributed by atoms with Crippen LogP contribution in [0.25, 0.3) is 0 Å². The van der Waals surface area contributed by atoms with Gasteiger partial charge in [0.2, 0.25) is 0 Å². The van der Waals surface area contributed by atoms with E-state index in [-0.39, 0.29) is 16.8 Å². The van der Waals surface area contributed by atoms with E-state index in [2.05, 4.69) is 20.9 Å². The van der Waals surface area contributed by atoms with Crippen molar-refractivity contribution in [3.8, 4) is 5.75 Å². The summed E-state index contributed by atoms with van der Waals surface area (Å²) in [5, 5.41) is 0. The molecular formula is C12H9BrF2N2O. The van der Waals surface area contributed by atoms with Crippen LogP contribution in [0.2, 0.25) is 0 Å². The van der Waals surface area contributed by atoms with Crippen LogP contribution in [0.3, 0.4) is 0 Å². The van der Waals surface area contributed by atoms with E-state index in [0.29, 0.717) is 11.5 Å². The van der Waals surface area contributed by atoms with Gasteiger partial charge in [-0.25, -0.2) is 13.8 Å². The van der Waals surface area contributed by atoms with Gasteiger partial charge in [0.1, 0.15) is 18.2 Å². The minimum Gasteiger partial charge on any atom is -0.483 e. The van der Waals surface area contributed by atoms with Gasteiger partial charge < -0.3 is 10.5 Å². The normalized spacial score (nSPS) is 10.4. The fraction of sp³-hybridized carbons (Fsp3) is 0.0833. The molecule has 1 heterocycles. The van der Waals surface area contributed by atoms with Crippen LogP contribution in [-0.2, 0) is 6.61 Å². The molecule has 0 unspecified atom stereocenters. The van der Waals surface area contributed by atoms with Gasteiger partial charge in [0, 0.05) is 6.07 Å². The minimum atomic E-state index is -0.772. The van der Waals surface area contributed by atoms with Crippen LogP contribution in [0.1, 0.15) is 5.69 Å². The third-order valence-electron chi connectivity index (χ3n) is 2.16. The summed E-state index contributed by atoms with van der Waals surface area (Å²) in [4.78, 5) is 4.01. The summed E-state index contributed by atoms with van der Waals surface area (Å²) in [5.74, 6) is -1.14. The van der Waals surface area contributed by atoms with Crippen LogP contribution < -0.4 is 10.5 Å². The highest BCUT2D eigenvalue weighted by atomic mass is 79.9. The van der Waals surface area contributed by atoms with Crippen molar-refractivity contribution < 1.29 is 13.5 Å². The van der Waals surface area contributed by atoms with Crippen LogP contribution in [-0.4, -0.2) is 4.98 Å². The predicted molar refractivity (Wildman–Crippen MR) is 67.0 cm³/mol. The maximum Gasteiger partial charge on any atom is 0.169 e. The number of halogens is 3. The maximum absolute atomic E-state index is 13.5. The van der Waals surface area contributed by atoms with Crippen molar-refractivity contribution >= 4 is 21.7 Å². The Labute approximate surface area is 111 Å². The third kappa shape index (κ3) is 2.95. The number of rotatable bonds is 3. The number of nitrogens with two attached hydrogens (primary N) is 1. The SMILES string of the molecule is Nc1cccc(COc2c(F)cc(F)cc2Br)n1. The highest BCUT2D eigenvalue weighted by Crippen LogP contribution is 2.29. The molecular weight excluding hydrogens is 306 g/mol. The average Bonchev–Trinajstić information content (AvgIpc) is 2.27. The van der Waals surface area contributed by atoms with Crippen molar-refractivity contribution in [1.29, 1.82) is 0 Å². The summed E-state index contributed by atoms with van der Waals surface area (Å²) in [6.07, 6.45) is 0. The van der Waals surface area contributed by atoms with Gasteiger partial charge in [-0.05, 0) is 34.1 Å². The zero-order chi connectivity index (χ0) is 13.1. The van der Waals surface area contributed by atoms with Gasteiger partial charge in [-0.15, -0.1) is 0 Å². The molecule has 94 valence electrons. The van der Waals surface area contributed by atoms with Gasteiger partial charge in [-0.3, -0.25) is 0 Å². The number of ether oxygens (including phenoxy) is 1. The van der Waals surface area contributed by atoms with Crippen LogP contribution in [0.4, 0.5) is 14.6 Å². The van der Waals surface area contributed by atoms with Crippen LogP contribution in [0.5, 0.6) is 5.75 Å². The van der Waals surface area contributed by atoms with Crippen molar-refractivity contribution in [2.24, 2.45) is 0 Å². The number of hydrogen-bond acceptors (Lipinski definition) is 3. The standard InChI is InChI=1S/C12H9BrF2N2O/c13-9-4-7(14)5-10(15)12(9)18-6-8-2-1-3-11(16)17-8/h1-5H,6H2,(H2,16,17). The highest BCUT2D eigenvalue weighted by Gasteiger charge is 2.11. The third-order valence-corrected chi connectivity index (χ3v) is 2.74. The summed E-state index contributed by atoms with van der Waals surface area (Å²) in [7, 11) is 0. The number of aromatic nitrogens is 1. The maximum atomic E-state index is 13.5. The molecule has 3 nitrogen and oxygen atoms in total. The summed E-state index contributed by atoms with van der Waals surface area (Å²) < 4.78 is 31.8. The Morgan fingerprint density at radius 1 is 1.28 bits per heavy atom. The fourth-order valence-corrected chi connectivity index (χ4v) is 1.91. The van der Waals surface area contributed by atoms with E-state index in [4.69, 9.17) is 10.5 Å². The van der Waals surface area contributed by atoms with E-state index >= 15 is 0 Å². The number of anilines is 1.